The van der Waals surface area contributed by atoms with Crippen molar-refractivity contribution in [2.75, 3.05) is 20.2 Å². The fourth-order valence-electron chi connectivity index (χ4n) is 4.48. The van der Waals surface area contributed by atoms with Crippen molar-refractivity contribution < 1.29 is 18.8 Å². The van der Waals surface area contributed by atoms with Crippen LogP contribution in [0, 0.1) is 11.7 Å². The smallest absolute Gasteiger partial charge is 0.243 e. The molecule has 188 valence electrons. The number of amides is 1. The monoisotopic (exact) mass is 501 g/mol. The summed E-state index contributed by atoms with van der Waals surface area (Å²) in [6, 6.07) is 6.00. The molecule has 2 fully saturated rings. The maximum Gasteiger partial charge on any atom is 0.243 e. The number of aryl methyl sites for hydroxylation is 1. The number of rotatable bonds is 11. The van der Waals surface area contributed by atoms with E-state index >= 15 is 0 Å². The van der Waals surface area contributed by atoms with Crippen LogP contribution in [-0.4, -0.2) is 57.0 Å². The van der Waals surface area contributed by atoms with Gasteiger partial charge in [-0.25, -0.2) is 9.87 Å². The predicted molar refractivity (Wildman–Crippen MR) is 133 cm³/mol. The molecule has 2 atom stereocenters. The van der Waals surface area contributed by atoms with Gasteiger partial charge in [0.2, 0.25) is 5.91 Å². The SMILES string of the molecule is CONC(=O)CCCCn1cc(/C=C2/CN(C(C(=O)C3CC3)c3ccccc3F)CCC2S)nn1. The highest BCUT2D eigenvalue weighted by Gasteiger charge is 2.40. The van der Waals surface area contributed by atoms with Gasteiger partial charge in [0.05, 0.1) is 19.3 Å². The van der Waals surface area contributed by atoms with Crippen molar-refractivity contribution >= 4 is 30.4 Å². The lowest BCUT2D eigenvalue weighted by Gasteiger charge is -2.37. The van der Waals surface area contributed by atoms with Gasteiger partial charge in [-0.3, -0.25) is 24.0 Å². The largest absolute Gasteiger partial charge is 0.297 e. The molecule has 2 aromatic rings. The molecule has 1 aliphatic carbocycles. The summed E-state index contributed by atoms with van der Waals surface area (Å²) in [4.78, 5) is 31.3. The van der Waals surface area contributed by atoms with E-state index in [9.17, 15) is 14.0 Å². The molecule has 2 unspecified atom stereocenters. The summed E-state index contributed by atoms with van der Waals surface area (Å²) in [7, 11) is 1.41. The first-order chi connectivity index (χ1) is 17.0. The Bertz CT molecular complexity index is 1070. The van der Waals surface area contributed by atoms with Crippen LogP contribution >= 0.6 is 12.6 Å². The summed E-state index contributed by atoms with van der Waals surface area (Å²) in [6.45, 7) is 1.84. The van der Waals surface area contributed by atoms with E-state index in [1.807, 2.05) is 12.3 Å². The number of nitrogens with zero attached hydrogens (tertiary/aromatic N) is 4. The van der Waals surface area contributed by atoms with Crippen LogP contribution in [0.2, 0.25) is 0 Å². The van der Waals surface area contributed by atoms with Crippen molar-refractivity contribution in [1.82, 2.24) is 25.4 Å². The van der Waals surface area contributed by atoms with Crippen molar-refractivity contribution in [3.8, 4) is 0 Å². The minimum absolute atomic E-state index is 0.0289. The first kappa shape index (κ1) is 25.5. The van der Waals surface area contributed by atoms with Crippen LogP contribution in [0.25, 0.3) is 6.08 Å². The Labute approximate surface area is 210 Å². The maximum absolute atomic E-state index is 14.7. The minimum Gasteiger partial charge on any atom is -0.297 e. The quantitative estimate of drug-likeness (QED) is 0.279. The lowest BCUT2D eigenvalue weighted by atomic mass is 9.93. The molecule has 10 heteroatoms. The molecule has 1 aromatic heterocycles. The third-order valence-corrected chi connectivity index (χ3v) is 7.05. The highest BCUT2D eigenvalue weighted by molar-refractivity contribution is 7.81. The van der Waals surface area contributed by atoms with Crippen LogP contribution < -0.4 is 5.48 Å². The zero-order valence-electron chi connectivity index (χ0n) is 19.9. The second-order valence-electron chi connectivity index (χ2n) is 9.19. The number of hydrogen-bond acceptors (Lipinski definition) is 7. The summed E-state index contributed by atoms with van der Waals surface area (Å²) in [6.07, 6.45) is 8.25. The first-order valence-corrected chi connectivity index (χ1v) is 12.6. The molecule has 1 aliphatic heterocycles. The third kappa shape index (κ3) is 6.77. The van der Waals surface area contributed by atoms with Gasteiger partial charge in [0.1, 0.15) is 11.5 Å². The molecular formula is C25H32FN5O3S. The molecule has 0 bridgehead atoms. The van der Waals surface area contributed by atoms with Crippen LogP contribution in [0.5, 0.6) is 0 Å². The van der Waals surface area contributed by atoms with Crippen molar-refractivity contribution in [3.05, 3.63) is 53.1 Å². The van der Waals surface area contributed by atoms with Crippen molar-refractivity contribution in [1.29, 1.82) is 0 Å². The summed E-state index contributed by atoms with van der Waals surface area (Å²) in [5, 5.41) is 8.48. The van der Waals surface area contributed by atoms with Gasteiger partial charge in [-0.1, -0.05) is 23.4 Å². The number of likely N-dealkylation sites (tertiary alicyclic amines) is 1. The van der Waals surface area contributed by atoms with Gasteiger partial charge in [-0.05, 0) is 49.8 Å². The average molecular weight is 502 g/mol. The second kappa shape index (κ2) is 11.9. The van der Waals surface area contributed by atoms with Gasteiger partial charge in [-0.15, -0.1) is 5.10 Å². The fourth-order valence-corrected chi connectivity index (χ4v) is 4.75. The lowest BCUT2D eigenvalue weighted by molar-refractivity contribution is -0.131. The predicted octanol–water partition coefficient (Wildman–Crippen LogP) is 3.37. The minimum atomic E-state index is -0.584. The summed E-state index contributed by atoms with van der Waals surface area (Å²) in [5.74, 6) is -0.349. The number of carbonyl (C=O) groups is 2. The van der Waals surface area contributed by atoms with Gasteiger partial charge in [0.25, 0.3) is 0 Å². The number of piperidine rings is 1. The number of thiol groups is 1. The summed E-state index contributed by atoms with van der Waals surface area (Å²) in [5.41, 5.74) is 4.51. The van der Waals surface area contributed by atoms with E-state index in [1.54, 1.807) is 22.9 Å². The standard InChI is InChI=1S/C25H32FN5O3S/c1-34-28-23(32)8-4-5-12-31-16-19(27-29-31)14-18-15-30(13-11-22(18)35)24(25(33)17-9-10-17)20-6-2-3-7-21(20)26/h2-3,6-7,14,16-17,22,24,35H,4-5,8-13,15H2,1H3,(H,28,32)/b18-14-. The van der Waals surface area contributed by atoms with E-state index in [0.29, 0.717) is 43.7 Å². The van der Waals surface area contributed by atoms with E-state index in [1.165, 1.54) is 13.2 Å². The van der Waals surface area contributed by atoms with E-state index in [-0.39, 0.29) is 28.7 Å². The number of carbonyl (C=O) groups excluding carboxylic acids is 2. The van der Waals surface area contributed by atoms with E-state index in [0.717, 1.165) is 31.3 Å². The maximum atomic E-state index is 14.7. The fraction of sp³-hybridized carbons (Fsp3) is 0.520. The molecule has 2 aliphatic rings. The molecule has 0 spiro atoms. The van der Waals surface area contributed by atoms with E-state index in [4.69, 9.17) is 12.6 Å². The van der Waals surface area contributed by atoms with Crippen molar-refractivity contribution in [3.63, 3.8) is 0 Å². The normalized spacial score (nSPS) is 20.7. The number of Topliss-reactive ketones (excluding diaryl/α,β-unsaturated/α-hetero) is 1. The van der Waals surface area contributed by atoms with Gasteiger partial charge in [-0.2, -0.15) is 12.6 Å². The van der Waals surface area contributed by atoms with E-state index < -0.39 is 6.04 Å². The van der Waals surface area contributed by atoms with Gasteiger partial charge >= 0.3 is 0 Å². The number of ketones is 1. The Morgan fingerprint density at radius 1 is 1.29 bits per heavy atom. The molecule has 2 heterocycles. The molecule has 1 saturated carbocycles. The topological polar surface area (TPSA) is 89.4 Å². The van der Waals surface area contributed by atoms with Gasteiger partial charge in [0, 0.05) is 42.8 Å². The zero-order chi connectivity index (χ0) is 24.8. The molecule has 1 amide bonds. The number of hydroxylamine groups is 1. The Morgan fingerprint density at radius 3 is 2.83 bits per heavy atom. The van der Waals surface area contributed by atoms with Gasteiger partial charge < -0.3 is 0 Å². The highest BCUT2D eigenvalue weighted by atomic mass is 32.1. The Kier molecular flexibility index (Phi) is 8.69. The van der Waals surface area contributed by atoms with Crippen LogP contribution in [-0.2, 0) is 21.0 Å². The molecule has 8 nitrogen and oxygen atoms in total. The van der Waals surface area contributed by atoms with Crippen LogP contribution in [0.15, 0.2) is 36.0 Å². The summed E-state index contributed by atoms with van der Waals surface area (Å²) < 4.78 is 16.5. The van der Waals surface area contributed by atoms with Gasteiger partial charge in [0.15, 0.2) is 5.78 Å². The Balaban J connectivity index is 1.43. The molecular weight excluding hydrogens is 469 g/mol. The number of unbranched alkanes of at least 4 members (excludes halogenated alkanes) is 1. The lowest BCUT2D eigenvalue weighted by Crippen LogP contribution is -2.42. The number of hydrogen-bond donors (Lipinski definition) is 2. The first-order valence-electron chi connectivity index (χ1n) is 12.1. The third-order valence-electron chi connectivity index (χ3n) is 6.46. The molecule has 1 saturated heterocycles. The zero-order valence-corrected chi connectivity index (χ0v) is 20.8. The highest BCUT2D eigenvalue weighted by Crippen LogP contribution is 2.39. The number of aromatic nitrogens is 3. The Morgan fingerprint density at radius 2 is 2.09 bits per heavy atom. The Hall–Kier alpha value is -2.56. The number of benzene rings is 1. The van der Waals surface area contributed by atoms with Crippen molar-refractivity contribution in [2.24, 2.45) is 5.92 Å². The van der Waals surface area contributed by atoms with Crippen LogP contribution in [0.3, 0.4) is 0 Å². The molecule has 0 radical (unpaired) electrons. The average Bonchev–Trinajstić information content (AvgIpc) is 3.60. The summed E-state index contributed by atoms with van der Waals surface area (Å²) >= 11 is 4.76. The number of halogens is 1. The second-order valence-corrected chi connectivity index (χ2v) is 9.81. The number of nitrogens with one attached hydrogen (secondary N) is 1. The molecule has 4 rings (SSSR count). The van der Waals surface area contributed by atoms with Crippen LogP contribution in [0.4, 0.5) is 4.39 Å². The van der Waals surface area contributed by atoms with Crippen molar-refractivity contribution in [2.45, 2.75) is 56.4 Å². The molecule has 1 aromatic carbocycles. The molecule has 35 heavy (non-hydrogen) atoms. The van der Waals surface area contributed by atoms with Crippen LogP contribution in [0.1, 0.15) is 55.8 Å². The van der Waals surface area contributed by atoms with E-state index in [2.05, 4.69) is 25.5 Å². The molecule has 1 N–H and O–H groups in total.